The number of nitrogens with one attached hydrogen (secondary N) is 1. The maximum Gasteiger partial charge on any atom is 0.239 e. The Bertz CT molecular complexity index is 97.6. The van der Waals surface area contributed by atoms with E-state index in [-0.39, 0.29) is 19.5 Å². The second kappa shape index (κ2) is 5.45. The molecule has 0 aliphatic carbocycles. The van der Waals surface area contributed by atoms with Crippen molar-refractivity contribution in [3.05, 3.63) is 0 Å². The van der Waals surface area contributed by atoms with Gasteiger partial charge >= 0.3 is 0 Å². The highest BCUT2D eigenvalue weighted by Gasteiger charge is 1.98. The molecule has 0 aliphatic rings. The number of alkyl halides is 2. The maximum atomic E-state index is 11.3. The summed E-state index contributed by atoms with van der Waals surface area (Å²) in [5.74, 6) is 0. The lowest BCUT2D eigenvalue weighted by Gasteiger charge is -1.96. The van der Waals surface area contributed by atoms with Crippen LogP contribution in [-0.2, 0) is 0 Å². The molecular weight excluding hydrogens is 126 g/mol. The highest BCUT2D eigenvalue weighted by molar-refractivity contribution is 4.72. The van der Waals surface area contributed by atoms with E-state index in [9.17, 15) is 8.78 Å². The molecule has 0 saturated carbocycles. The summed E-state index contributed by atoms with van der Waals surface area (Å²) in [4.78, 5) is 0. The molecular formula is C5H8F2N2. The van der Waals surface area contributed by atoms with Crippen molar-refractivity contribution in [2.75, 3.05) is 13.1 Å². The van der Waals surface area contributed by atoms with Crippen LogP contribution in [-0.4, -0.2) is 19.5 Å². The lowest BCUT2D eigenvalue weighted by molar-refractivity contribution is 0.138. The Balaban J connectivity index is 2.85. The molecule has 0 unspecified atom stereocenters. The molecule has 52 valence electrons. The van der Waals surface area contributed by atoms with Crippen LogP contribution < -0.4 is 5.32 Å². The summed E-state index contributed by atoms with van der Waals surface area (Å²) in [5.41, 5.74) is 0. The molecule has 4 heteroatoms. The predicted octanol–water partition coefficient (Wildman–Crippen LogP) is 0.755. The quantitative estimate of drug-likeness (QED) is 0.455. The van der Waals surface area contributed by atoms with Crippen molar-refractivity contribution in [1.82, 2.24) is 5.32 Å². The minimum atomic E-state index is -2.27. The third kappa shape index (κ3) is 7.31. The van der Waals surface area contributed by atoms with Crippen LogP contribution in [0.15, 0.2) is 0 Å². The SMILES string of the molecule is N#CCNCCC(F)F. The first-order chi connectivity index (χ1) is 4.27. The predicted molar refractivity (Wildman–Crippen MR) is 29.1 cm³/mol. The lowest BCUT2D eigenvalue weighted by atomic mass is 10.4. The zero-order valence-corrected chi connectivity index (χ0v) is 4.90. The Morgan fingerprint density at radius 2 is 2.22 bits per heavy atom. The van der Waals surface area contributed by atoms with Crippen molar-refractivity contribution >= 4 is 0 Å². The molecule has 0 radical (unpaired) electrons. The van der Waals surface area contributed by atoms with E-state index >= 15 is 0 Å². The van der Waals surface area contributed by atoms with E-state index in [1.165, 1.54) is 0 Å². The molecule has 9 heavy (non-hydrogen) atoms. The zero-order chi connectivity index (χ0) is 7.11. The van der Waals surface area contributed by atoms with Crippen LogP contribution in [0.1, 0.15) is 6.42 Å². The van der Waals surface area contributed by atoms with Gasteiger partial charge in [0.25, 0.3) is 0 Å². The Morgan fingerprint density at radius 3 is 2.67 bits per heavy atom. The summed E-state index contributed by atoms with van der Waals surface area (Å²) >= 11 is 0. The summed E-state index contributed by atoms with van der Waals surface area (Å²) in [6.45, 7) is 0.359. The fourth-order valence-electron chi connectivity index (χ4n) is 0.355. The number of hydrogen-bond donors (Lipinski definition) is 1. The Hall–Kier alpha value is -0.690. The number of nitrogens with zero attached hydrogens (tertiary/aromatic N) is 1. The van der Waals surface area contributed by atoms with Crippen LogP contribution in [0, 0.1) is 11.3 Å². The van der Waals surface area contributed by atoms with Crippen LogP contribution in [0.2, 0.25) is 0 Å². The van der Waals surface area contributed by atoms with Gasteiger partial charge < -0.3 is 5.32 Å². The highest BCUT2D eigenvalue weighted by atomic mass is 19.3. The third-order valence-corrected chi connectivity index (χ3v) is 0.743. The van der Waals surface area contributed by atoms with Crippen LogP contribution in [0.4, 0.5) is 8.78 Å². The highest BCUT2D eigenvalue weighted by Crippen LogP contribution is 1.95. The van der Waals surface area contributed by atoms with Gasteiger partial charge in [-0.15, -0.1) is 0 Å². The minimum absolute atomic E-state index is 0.146. The monoisotopic (exact) mass is 134 g/mol. The number of rotatable bonds is 4. The molecule has 0 aliphatic heterocycles. The normalized spacial score (nSPS) is 9.56. The van der Waals surface area contributed by atoms with E-state index in [0.29, 0.717) is 0 Å². The summed E-state index contributed by atoms with van der Waals surface area (Å²) in [7, 11) is 0. The molecule has 0 aromatic heterocycles. The maximum absolute atomic E-state index is 11.3. The molecule has 0 bridgehead atoms. The molecule has 0 amide bonds. The number of hydrogen-bond acceptors (Lipinski definition) is 2. The van der Waals surface area contributed by atoms with Crippen molar-refractivity contribution < 1.29 is 8.78 Å². The lowest BCUT2D eigenvalue weighted by Crippen LogP contribution is -2.17. The molecule has 1 N–H and O–H groups in total. The fourth-order valence-corrected chi connectivity index (χ4v) is 0.355. The van der Waals surface area contributed by atoms with Gasteiger partial charge in [0.15, 0.2) is 0 Å². The van der Waals surface area contributed by atoms with Crippen molar-refractivity contribution in [3.63, 3.8) is 0 Å². The second-order valence-electron chi connectivity index (χ2n) is 1.51. The number of halogens is 2. The van der Waals surface area contributed by atoms with E-state index in [1.807, 2.05) is 0 Å². The van der Waals surface area contributed by atoms with E-state index in [0.717, 1.165) is 0 Å². The van der Waals surface area contributed by atoms with E-state index in [1.54, 1.807) is 6.07 Å². The van der Waals surface area contributed by atoms with Gasteiger partial charge in [-0.25, -0.2) is 8.78 Å². The van der Waals surface area contributed by atoms with Crippen molar-refractivity contribution in [2.45, 2.75) is 12.8 Å². The van der Waals surface area contributed by atoms with E-state index < -0.39 is 6.43 Å². The van der Waals surface area contributed by atoms with Gasteiger partial charge in [0.2, 0.25) is 6.43 Å². The molecule has 0 fully saturated rings. The Labute approximate surface area is 52.5 Å². The van der Waals surface area contributed by atoms with Gasteiger partial charge in [0.05, 0.1) is 12.6 Å². The Kier molecular flexibility index (Phi) is 5.03. The molecule has 0 aromatic rings. The smallest absolute Gasteiger partial charge is 0.239 e. The van der Waals surface area contributed by atoms with Crippen LogP contribution in [0.25, 0.3) is 0 Å². The summed E-state index contributed by atoms with van der Waals surface area (Å²) < 4.78 is 22.7. The van der Waals surface area contributed by atoms with E-state index in [4.69, 9.17) is 5.26 Å². The Morgan fingerprint density at radius 1 is 1.56 bits per heavy atom. The third-order valence-electron chi connectivity index (χ3n) is 0.743. The molecule has 0 spiro atoms. The van der Waals surface area contributed by atoms with Gasteiger partial charge in [0, 0.05) is 13.0 Å². The number of nitriles is 1. The van der Waals surface area contributed by atoms with Crippen LogP contribution in [0.3, 0.4) is 0 Å². The molecule has 0 atom stereocenters. The molecule has 0 aromatic carbocycles. The molecule has 0 rings (SSSR count). The second-order valence-corrected chi connectivity index (χ2v) is 1.51. The zero-order valence-electron chi connectivity index (χ0n) is 4.90. The van der Waals surface area contributed by atoms with E-state index in [2.05, 4.69) is 5.32 Å². The molecule has 0 heterocycles. The topological polar surface area (TPSA) is 35.8 Å². The van der Waals surface area contributed by atoms with Gasteiger partial charge in [-0.05, 0) is 0 Å². The average molecular weight is 134 g/mol. The van der Waals surface area contributed by atoms with Gasteiger partial charge in [-0.3, -0.25) is 0 Å². The standard InChI is InChI=1S/C5H8F2N2/c6-5(7)1-3-9-4-2-8/h5,9H,1,3-4H2. The first-order valence-electron chi connectivity index (χ1n) is 2.63. The fraction of sp³-hybridized carbons (Fsp3) is 0.800. The van der Waals surface area contributed by atoms with Crippen molar-refractivity contribution in [3.8, 4) is 6.07 Å². The largest absolute Gasteiger partial charge is 0.304 e. The van der Waals surface area contributed by atoms with Crippen LogP contribution in [0.5, 0.6) is 0 Å². The summed E-state index contributed by atoms with van der Waals surface area (Å²) in [6.07, 6.45) is -2.45. The van der Waals surface area contributed by atoms with Gasteiger partial charge in [-0.2, -0.15) is 5.26 Å². The molecule has 2 nitrogen and oxygen atoms in total. The first-order valence-corrected chi connectivity index (χ1v) is 2.63. The first kappa shape index (κ1) is 8.31. The van der Waals surface area contributed by atoms with Crippen LogP contribution >= 0.6 is 0 Å². The average Bonchev–Trinajstić information content (AvgIpc) is 1.80. The molecule has 0 saturated heterocycles. The van der Waals surface area contributed by atoms with Crippen molar-refractivity contribution in [1.29, 1.82) is 5.26 Å². The summed E-state index contributed by atoms with van der Waals surface area (Å²) in [5, 5.41) is 10.5. The van der Waals surface area contributed by atoms with Crippen molar-refractivity contribution in [2.24, 2.45) is 0 Å². The van der Waals surface area contributed by atoms with Gasteiger partial charge in [0.1, 0.15) is 0 Å². The van der Waals surface area contributed by atoms with Gasteiger partial charge in [-0.1, -0.05) is 0 Å². The minimum Gasteiger partial charge on any atom is -0.304 e. The summed E-state index contributed by atoms with van der Waals surface area (Å²) in [6, 6.07) is 1.79.